The Labute approximate surface area is 87.3 Å². The minimum atomic E-state index is -0.849. The topological polar surface area (TPSA) is 57.5 Å². The maximum absolute atomic E-state index is 10.7. The molecular weight excluding hydrogens is 236 g/mol. The van der Waals surface area contributed by atoms with E-state index in [9.17, 15) is 9.90 Å². The third kappa shape index (κ3) is 5.26. The molecule has 0 amide bonds. The summed E-state index contributed by atoms with van der Waals surface area (Å²) in [6.07, 6.45) is 2.37. The molecule has 0 aliphatic rings. The molecule has 2 unspecified atom stereocenters. The summed E-state index contributed by atoms with van der Waals surface area (Å²) in [5.41, 5.74) is 0. The number of aliphatic hydroxyl groups is 1. The Morgan fingerprint density at radius 2 is 2.15 bits per heavy atom. The van der Waals surface area contributed by atoms with E-state index >= 15 is 0 Å². The summed E-state index contributed by atoms with van der Waals surface area (Å²) in [6.45, 7) is 3.54. The smallest absolute Gasteiger partial charge is 0.320 e. The molecule has 78 valence electrons. The van der Waals surface area contributed by atoms with Crippen LogP contribution in [0.4, 0.5) is 0 Å². The van der Waals surface area contributed by atoms with Crippen LogP contribution in [0, 0.1) is 0 Å². The van der Waals surface area contributed by atoms with E-state index in [0.717, 1.165) is 12.8 Å². The van der Waals surface area contributed by atoms with Crippen molar-refractivity contribution in [3.8, 4) is 0 Å². The first-order valence-electron chi connectivity index (χ1n) is 4.50. The van der Waals surface area contributed by atoms with E-state index in [4.69, 9.17) is 5.11 Å². The summed E-state index contributed by atoms with van der Waals surface area (Å²) < 4.78 is -0.847. The predicted octanol–water partition coefficient (Wildman–Crippen LogP) is 2.17. The van der Waals surface area contributed by atoms with E-state index in [1.165, 1.54) is 0 Å². The fourth-order valence-corrected chi connectivity index (χ4v) is 1.26. The second-order valence-corrected chi connectivity index (χ2v) is 5.21. The molecule has 0 saturated carbocycles. The van der Waals surface area contributed by atoms with Gasteiger partial charge in [-0.2, -0.15) is 0 Å². The van der Waals surface area contributed by atoms with Crippen LogP contribution in [0.15, 0.2) is 0 Å². The van der Waals surface area contributed by atoms with E-state index in [1.807, 2.05) is 6.92 Å². The lowest BCUT2D eigenvalue weighted by molar-refractivity contribution is -0.139. The highest BCUT2D eigenvalue weighted by atomic mass is 79.9. The van der Waals surface area contributed by atoms with Gasteiger partial charge < -0.3 is 10.2 Å². The molecule has 13 heavy (non-hydrogen) atoms. The fraction of sp³-hybridized carbons (Fsp3) is 0.889. The molecule has 0 radical (unpaired) electrons. The monoisotopic (exact) mass is 252 g/mol. The molecular formula is C9H17BrO3. The molecule has 2 N–H and O–H groups in total. The van der Waals surface area contributed by atoms with Gasteiger partial charge in [-0.05, 0) is 32.6 Å². The van der Waals surface area contributed by atoms with Crippen LogP contribution in [0.5, 0.6) is 0 Å². The zero-order valence-electron chi connectivity index (χ0n) is 8.09. The third-order valence-electron chi connectivity index (χ3n) is 2.10. The molecule has 0 heterocycles. The van der Waals surface area contributed by atoms with E-state index in [-0.39, 0.29) is 6.10 Å². The van der Waals surface area contributed by atoms with Gasteiger partial charge in [0.05, 0.1) is 6.10 Å². The lowest BCUT2D eigenvalue weighted by atomic mass is 10.0. The van der Waals surface area contributed by atoms with Crippen molar-refractivity contribution in [1.29, 1.82) is 0 Å². The second kappa shape index (κ2) is 5.60. The van der Waals surface area contributed by atoms with Crippen molar-refractivity contribution in [3.05, 3.63) is 0 Å². The number of rotatable bonds is 6. The molecule has 0 fully saturated rings. The van der Waals surface area contributed by atoms with Crippen molar-refractivity contribution in [2.75, 3.05) is 0 Å². The van der Waals surface area contributed by atoms with Crippen LogP contribution in [0.1, 0.15) is 39.5 Å². The quantitative estimate of drug-likeness (QED) is 0.713. The number of halogens is 1. The Bertz CT molecular complexity index is 168. The summed E-state index contributed by atoms with van der Waals surface area (Å²) in [5, 5.41) is 18.0. The summed E-state index contributed by atoms with van der Waals surface area (Å²) in [7, 11) is 0. The molecule has 0 aromatic rings. The number of carbonyl (C=O) groups is 1. The molecule has 4 heteroatoms. The summed E-state index contributed by atoms with van der Waals surface area (Å²) in [5.74, 6) is -0.849. The molecule has 0 spiro atoms. The first-order valence-corrected chi connectivity index (χ1v) is 5.30. The summed E-state index contributed by atoms with van der Waals surface area (Å²) in [6, 6.07) is 0. The van der Waals surface area contributed by atoms with Crippen LogP contribution in [-0.4, -0.2) is 26.6 Å². The molecule has 0 aromatic carbocycles. The van der Waals surface area contributed by atoms with Crippen LogP contribution in [0.3, 0.4) is 0 Å². The van der Waals surface area contributed by atoms with Crippen molar-refractivity contribution >= 4 is 21.9 Å². The molecule has 0 aromatic heterocycles. The number of aliphatic carboxylic acids is 1. The Hall–Kier alpha value is -0.0900. The lowest BCUT2D eigenvalue weighted by Gasteiger charge is -2.17. The number of aliphatic hydroxyl groups excluding tert-OH is 1. The van der Waals surface area contributed by atoms with Gasteiger partial charge in [0.2, 0.25) is 0 Å². The number of alkyl halides is 1. The van der Waals surface area contributed by atoms with Gasteiger partial charge in [0.1, 0.15) is 4.32 Å². The van der Waals surface area contributed by atoms with Crippen LogP contribution < -0.4 is 0 Å². The van der Waals surface area contributed by atoms with Gasteiger partial charge in [-0.25, -0.2) is 0 Å². The van der Waals surface area contributed by atoms with Crippen molar-refractivity contribution < 1.29 is 15.0 Å². The number of hydrogen-bond acceptors (Lipinski definition) is 2. The molecule has 0 rings (SSSR count). The van der Waals surface area contributed by atoms with Crippen LogP contribution in [-0.2, 0) is 4.79 Å². The first-order chi connectivity index (χ1) is 5.90. The van der Waals surface area contributed by atoms with Gasteiger partial charge in [-0.1, -0.05) is 22.9 Å². The largest absolute Gasteiger partial charge is 0.480 e. The van der Waals surface area contributed by atoms with Gasteiger partial charge in [-0.3, -0.25) is 4.79 Å². The SMILES string of the molecule is CCC(O)CCCC(C)(Br)C(=O)O. The zero-order chi connectivity index (χ0) is 10.5. The van der Waals surface area contributed by atoms with Gasteiger partial charge in [0.15, 0.2) is 0 Å². The van der Waals surface area contributed by atoms with E-state index in [2.05, 4.69) is 15.9 Å². The molecule has 0 aliphatic heterocycles. The maximum atomic E-state index is 10.7. The molecule has 2 atom stereocenters. The number of carboxylic acid groups (broad SMARTS) is 1. The van der Waals surface area contributed by atoms with Crippen molar-refractivity contribution in [2.45, 2.75) is 50.0 Å². The molecule has 0 saturated heterocycles. The zero-order valence-corrected chi connectivity index (χ0v) is 9.67. The normalized spacial score (nSPS) is 17.8. The Morgan fingerprint density at radius 3 is 2.54 bits per heavy atom. The van der Waals surface area contributed by atoms with Gasteiger partial charge >= 0.3 is 5.97 Å². The third-order valence-corrected chi connectivity index (χ3v) is 2.84. The molecule has 0 bridgehead atoms. The number of hydrogen-bond donors (Lipinski definition) is 2. The predicted molar refractivity (Wildman–Crippen MR) is 55.1 cm³/mol. The highest BCUT2D eigenvalue weighted by Gasteiger charge is 2.28. The van der Waals surface area contributed by atoms with E-state index < -0.39 is 10.3 Å². The Balaban J connectivity index is 3.70. The van der Waals surface area contributed by atoms with Gasteiger partial charge in [0.25, 0.3) is 0 Å². The minimum Gasteiger partial charge on any atom is -0.480 e. The van der Waals surface area contributed by atoms with Crippen molar-refractivity contribution in [1.82, 2.24) is 0 Å². The maximum Gasteiger partial charge on any atom is 0.320 e. The number of carboxylic acids is 1. The van der Waals surface area contributed by atoms with Crippen molar-refractivity contribution in [2.24, 2.45) is 0 Å². The van der Waals surface area contributed by atoms with Crippen molar-refractivity contribution in [3.63, 3.8) is 0 Å². The van der Waals surface area contributed by atoms with Crippen LogP contribution in [0.2, 0.25) is 0 Å². The standard InChI is InChI=1S/C9H17BrO3/c1-3-7(11)5-4-6-9(2,10)8(12)13/h7,11H,3-6H2,1-2H3,(H,12,13). The van der Waals surface area contributed by atoms with E-state index in [1.54, 1.807) is 6.92 Å². The molecule has 3 nitrogen and oxygen atoms in total. The highest BCUT2D eigenvalue weighted by Crippen LogP contribution is 2.25. The lowest BCUT2D eigenvalue weighted by Crippen LogP contribution is -2.27. The second-order valence-electron chi connectivity index (χ2n) is 3.46. The highest BCUT2D eigenvalue weighted by molar-refractivity contribution is 9.10. The first kappa shape index (κ1) is 12.9. The average Bonchev–Trinajstić information content (AvgIpc) is 2.03. The van der Waals surface area contributed by atoms with Crippen LogP contribution in [0.25, 0.3) is 0 Å². The van der Waals surface area contributed by atoms with Gasteiger partial charge in [-0.15, -0.1) is 0 Å². The average molecular weight is 253 g/mol. The van der Waals surface area contributed by atoms with Gasteiger partial charge in [0, 0.05) is 0 Å². The fourth-order valence-electron chi connectivity index (χ4n) is 0.981. The summed E-state index contributed by atoms with van der Waals surface area (Å²) >= 11 is 3.14. The van der Waals surface area contributed by atoms with Crippen LogP contribution >= 0.6 is 15.9 Å². The Morgan fingerprint density at radius 1 is 1.62 bits per heavy atom. The van der Waals surface area contributed by atoms with E-state index in [0.29, 0.717) is 12.8 Å². The Kier molecular flexibility index (Phi) is 5.56. The molecule has 0 aliphatic carbocycles. The summed E-state index contributed by atoms with van der Waals surface area (Å²) in [4.78, 5) is 10.7. The minimum absolute atomic E-state index is 0.294.